The maximum absolute atomic E-state index is 12.7. The number of nitrogens with zero attached hydrogens (tertiary/aromatic N) is 1. The van der Waals surface area contributed by atoms with Gasteiger partial charge < -0.3 is 10.5 Å². The summed E-state index contributed by atoms with van der Waals surface area (Å²) in [5.74, 6) is 0.117. The Bertz CT molecular complexity index is 555. The first-order valence-corrected chi connectivity index (χ1v) is 5.02. The Morgan fingerprint density at radius 1 is 1.11 bits per heavy atom. The van der Waals surface area contributed by atoms with E-state index >= 15 is 0 Å². The first-order chi connectivity index (χ1) is 8.47. The molecule has 0 radical (unpaired) electrons. The second-order valence-corrected chi connectivity index (χ2v) is 3.51. The van der Waals surface area contributed by atoms with Crippen LogP contribution in [0.15, 0.2) is 42.6 Å². The van der Waals surface area contributed by atoms with E-state index in [0.717, 1.165) is 6.07 Å². The van der Waals surface area contributed by atoms with Crippen LogP contribution in [-0.4, -0.2) is 4.98 Å². The lowest BCUT2D eigenvalue weighted by atomic mass is 10.2. The number of hydrogen-bond acceptors (Lipinski definition) is 3. The number of anilines is 1. The van der Waals surface area contributed by atoms with Crippen molar-refractivity contribution in [3.8, 4) is 11.5 Å². The molecule has 3 nitrogen and oxygen atoms in total. The predicted octanol–water partition coefficient (Wildman–Crippen LogP) is 3.47. The normalized spacial score (nSPS) is 11.3. The van der Waals surface area contributed by atoms with Crippen LogP contribution in [0.25, 0.3) is 0 Å². The first kappa shape index (κ1) is 12.2. The molecule has 0 aliphatic carbocycles. The zero-order valence-electron chi connectivity index (χ0n) is 9.11. The minimum atomic E-state index is -4.46. The van der Waals surface area contributed by atoms with E-state index in [1.807, 2.05) is 0 Å². The van der Waals surface area contributed by atoms with Crippen molar-refractivity contribution < 1.29 is 17.9 Å². The Morgan fingerprint density at radius 2 is 1.83 bits per heavy atom. The number of alkyl halides is 3. The summed E-state index contributed by atoms with van der Waals surface area (Å²) >= 11 is 0. The van der Waals surface area contributed by atoms with Gasteiger partial charge in [-0.3, -0.25) is 0 Å². The number of nitrogens with two attached hydrogens (primary N) is 1. The first-order valence-electron chi connectivity index (χ1n) is 5.02. The van der Waals surface area contributed by atoms with Gasteiger partial charge in [0, 0.05) is 12.3 Å². The summed E-state index contributed by atoms with van der Waals surface area (Å²) in [7, 11) is 0. The number of aromatic nitrogens is 1. The molecule has 6 heteroatoms. The van der Waals surface area contributed by atoms with Crippen molar-refractivity contribution in [2.75, 3.05) is 5.73 Å². The van der Waals surface area contributed by atoms with Gasteiger partial charge in [-0.25, -0.2) is 4.98 Å². The smallest absolute Gasteiger partial charge is 0.419 e. The van der Waals surface area contributed by atoms with Gasteiger partial charge in [-0.15, -0.1) is 0 Å². The average molecular weight is 254 g/mol. The number of rotatable bonds is 2. The largest absolute Gasteiger partial charge is 0.457 e. The lowest BCUT2D eigenvalue weighted by molar-refractivity contribution is -0.138. The third kappa shape index (κ3) is 2.71. The van der Waals surface area contributed by atoms with Crippen LogP contribution >= 0.6 is 0 Å². The van der Waals surface area contributed by atoms with Crippen molar-refractivity contribution in [3.63, 3.8) is 0 Å². The van der Waals surface area contributed by atoms with Gasteiger partial charge in [0.1, 0.15) is 17.3 Å². The second kappa shape index (κ2) is 4.56. The molecule has 2 N–H and O–H groups in total. The van der Waals surface area contributed by atoms with E-state index in [1.165, 1.54) is 36.5 Å². The predicted molar refractivity (Wildman–Crippen MR) is 60.2 cm³/mol. The summed E-state index contributed by atoms with van der Waals surface area (Å²) < 4.78 is 43.3. The Balaban J connectivity index is 2.35. The van der Waals surface area contributed by atoms with Gasteiger partial charge >= 0.3 is 6.18 Å². The van der Waals surface area contributed by atoms with Crippen molar-refractivity contribution >= 4 is 5.82 Å². The van der Waals surface area contributed by atoms with Crippen LogP contribution in [0.5, 0.6) is 11.5 Å². The van der Waals surface area contributed by atoms with Crippen molar-refractivity contribution in [1.29, 1.82) is 0 Å². The number of hydrogen-bond donors (Lipinski definition) is 1. The fourth-order valence-corrected chi connectivity index (χ4v) is 1.41. The van der Waals surface area contributed by atoms with Gasteiger partial charge in [-0.1, -0.05) is 12.1 Å². The van der Waals surface area contributed by atoms with E-state index in [-0.39, 0.29) is 17.3 Å². The standard InChI is InChI=1S/C12H9F3N2O/c13-12(14,15)9-3-1-2-4-10(9)18-8-5-6-17-11(16)7-8/h1-7H,(H2,16,17). The highest BCUT2D eigenvalue weighted by atomic mass is 19.4. The van der Waals surface area contributed by atoms with Crippen molar-refractivity contribution in [3.05, 3.63) is 48.2 Å². The molecule has 0 unspecified atom stereocenters. The molecule has 94 valence electrons. The zero-order valence-corrected chi connectivity index (χ0v) is 9.11. The van der Waals surface area contributed by atoms with E-state index in [0.29, 0.717) is 0 Å². The molecule has 1 heterocycles. The number of nitrogen functional groups attached to an aromatic ring is 1. The van der Waals surface area contributed by atoms with Crippen molar-refractivity contribution in [2.45, 2.75) is 6.18 Å². The van der Waals surface area contributed by atoms with E-state index in [9.17, 15) is 13.2 Å². The van der Waals surface area contributed by atoms with E-state index in [1.54, 1.807) is 0 Å². The molecule has 2 aromatic rings. The van der Waals surface area contributed by atoms with Crippen molar-refractivity contribution in [2.24, 2.45) is 0 Å². The van der Waals surface area contributed by atoms with Gasteiger partial charge in [0.05, 0.1) is 5.56 Å². The van der Waals surface area contributed by atoms with Crippen LogP contribution < -0.4 is 10.5 Å². The second-order valence-electron chi connectivity index (χ2n) is 3.51. The van der Waals surface area contributed by atoms with Crippen LogP contribution in [0.1, 0.15) is 5.56 Å². The SMILES string of the molecule is Nc1cc(Oc2ccccc2C(F)(F)F)ccn1. The molecule has 0 atom stereocenters. The molecular formula is C12H9F3N2O. The van der Waals surface area contributed by atoms with Crippen LogP contribution in [-0.2, 0) is 6.18 Å². The van der Waals surface area contributed by atoms with E-state index in [4.69, 9.17) is 10.5 Å². The molecule has 0 aliphatic heterocycles. The third-order valence-corrected chi connectivity index (χ3v) is 2.17. The van der Waals surface area contributed by atoms with Crippen LogP contribution in [0.3, 0.4) is 0 Å². The van der Waals surface area contributed by atoms with E-state index < -0.39 is 11.7 Å². The van der Waals surface area contributed by atoms with Gasteiger partial charge in [0.15, 0.2) is 0 Å². The van der Waals surface area contributed by atoms with E-state index in [2.05, 4.69) is 4.98 Å². The van der Waals surface area contributed by atoms with Crippen LogP contribution in [0, 0.1) is 0 Å². The highest BCUT2D eigenvalue weighted by Gasteiger charge is 2.34. The number of pyridine rings is 1. The number of para-hydroxylation sites is 1. The molecule has 18 heavy (non-hydrogen) atoms. The minimum Gasteiger partial charge on any atom is -0.457 e. The molecule has 0 saturated carbocycles. The Kier molecular flexibility index (Phi) is 3.10. The molecule has 1 aromatic carbocycles. The molecular weight excluding hydrogens is 245 g/mol. The molecule has 0 bridgehead atoms. The maximum atomic E-state index is 12.7. The number of halogens is 3. The van der Waals surface area contributed by atoms with Gasteiger partial charge in [0.2, 0.25) is 0 Å². The molecule has 0 aliphatic rings. The average Bonchev–Trinajstić information content (AvgIpc) is 2.28. The molecule has 1 aromatic heterocycles. The summed E-state index contributed by atoms with van der Waals surface area (Å²) in [5.41, 5.74) is 4.59. The summed E-state index contributed by atoms with van der Waals surface area (Å²) in [6.45, 7) is 0. The summed E-state index contributed by atoms with van der Waals surface area (Å²) in [6.07, 6.45) is -3.10. The fraction of sp³-hybridized carbons (Fsp3) is 0.0833. The highest BCUT2D eigenvalue weighted by Crippen LogP contribution is 2.37. The number of ether oxygens (including phenoxy) is 1. The van der Waals surface area contributed by atoms with Gasteiger partial charge in [-0.05, 0) is 18.2 Å². The molecule has 0 saturated heterocycles. The lowest BCUT2D eigenvalue weighted by Gasteiger charge is -2.13. The molecule has 0 amide bonds. The van der Waals surface area contributed by atoms with Crippen LogP contribution in [0.4, 0.5) is 19.0 Å². The quantitative estimate of drug-likeness (QED) is 0.892. The minimum absolute atomic E-state index is 0.178. The summed E-state index contributed by atoms with van der Waals surface area (Å²) in [4.78, 5) is 3.73. The zero-order chi connectivity index (χ0) is 13.2. The summed E-state index contributed by atoms with van der Waals surface area (Å²) in [6, 6.07) is 7.77. The molecule has 2 rings (SSSR count). The Morgan fingerprint density at radius 3 is 2.50 bits per heavy atom. The van der Waals surface area contributed by atoms with Crippen LogP contribution in [0.2, 0.25) is 0 Å². The fourth-order valence-electron chi connectivity index (χ4n) is 1.41. The van der Waals surface area contributed by atoms with Gasteiger partial charge in [-0.2, -0.15) is 13.2 Å². The Labute approximate surface area is 101 Å². The summed E-state index contributed by atoms with van der Waals surface area (Å²) in [5, 5.41) is 0. The lowest BCUT2D eigenvalue weighted by Crippen LogP contribution is -2.06. The highest BCUT2D eigenvalue weighted by molar-refractivity contribution is 5.42. The maximum Gasteiger partial charge on any atom is 0.419 e. The van der Waals surface area contributed by atoms with Gasteiger partial charge in [0.25, 0.3) is 0 Å². The molecule has 0 spiro atoms. The molecule has 0 fully saturated rings. The Hall–Kier alpha value is -2.24. The topological polar surface area (TPSA) is 48.1 Å². The van der Waals surface area contributed by atoms with Crippen molar-refractivity contribution in [1.82, 2.24) is 4.98 Å². The monoisotopic (exact) mass is 254 g/mol. The third-order valence-electron chi connectivity index (χ3n) is 2.17. The number of benzene rings is 1.